The van der Waals surface area contributed by atoms with Crippen LogP contribution in [-0.2, 0) is 16.0 Å². The van der Waals surface area contributed by atoms with E-state index in [1.807, 2.05) is 0 Å². The van der Waals surface area contributed by atoms with E-state index in [2.05, 4.69) is 51.8 Å². The van der Waals surface area contributed by atoms with Gasteiger partial charge in [0, 0.05) is 24.9 Å². The van der Waals surface area contributed by atoms with Gasteiger partial charge in [0.15, 0.2) is 0 Å². The Morgan fingerprint density at radius 2 is 1.68 bits per heavy atom. The summed E-state index contributed by atoms with van der Waals surface area (Å²) in [6.07, 6.45) is 27.8. The fourth-order valence-electron chi connectivity index (χ4n) is 3.37. The predicted molar refractivity (Wildman–Crippen MR) is 128 cm³/mol. The molecule has 3 N–H and O–H groups in total. The molecule has 1 rings (SSSR count). The third-order valence-electron chi connectivity index (χ3n) is 5.24. The first-order valence-corrected chi connectivity index (χ1v) is 12.0. The maximum Gasteiger partial charge on any atom is 0.242 e. The Kier molecular flexibility index (Phi) is 16.8. The zero-order valence-corrected chi connectivity index (χ0v) is 19.3. The highest BCUT2D eigenvalue weighted by molar-refractivity contribution is 5.83. The van der Waals surface area contributed by atoms with Crippen molar-refractivity contribution in [1.29, 1.82) is 0 Å². The number of H-pyrrole nitrogens is 1. The second-order valence-corrected chi connectivity index (χ2v) is 7.99. The Bertz CT molecular complexity index is 611. The van der Waals surface area contributed by atoms with Gasteiger partial charge in [-0.05, 0) is 38.5 Å². The number of carbonyl (C=O) groups is 2. The Morgan fingerprint density at radius 3 is 2.32 bits per heavy atom. The number of imidazole rings is 1. The van der Waals surface area contributed by atoms with Crippen LogP contribution >= 0.6 is 0 Å². The highest BCUT2D eigenvalue weighted by Crippen LogP contribution is 2.08. The summed E-state index contributed by atoms with van der Waals surface area (Å²) in [5.74, 6) is -0.149. The predicted octanol–water partition coefficient (Wildman–Crippen LogP) is 5.00. The van der Waals surface area contributed by atoms with E-state index in [1.165, 1.54) is 57.8 Å². The number of hydrogen-bond donors (Lipinski definition) is 3. The minimum absolute atomic E-state index is 0.149. The maximum atomic E-state index is 12.2. The van der Waals surface area contributed by atoms with Gasteiger partial charge in [-0.15, -0.1) is 0 Å². The first-order chi connectivity index (χ1) is 15.3. The van der Waals surface area contributed by atoms with Crippen LogP contribution in [0.15, 0.2) is 36.8 Å². The van der Waals surface area contributed by atoms with Crippen molar-refractivity contribution in [2.75, 3.05) is 6.54 Å². The topological polar surface area (TPSA) is 86.9 Å². The molecule has 0 aliphatic rings. The van der Waals surface area contributed by atoms with Gasteiger partial charge in [-0.3, -0.25) is 9.59 Å². The molecule has 1 unspecified atom stereocenters. The monoisotopic (exact) mass is 430 g/mol. The van der Waals surface area contributed by atoms with E-state index in [4.69, 9.17) is 0 Å². The molecule has 174 valence electrons. The average Bonchev–Trinajstić information content (AvgIpc) is 3.28. The fraction of sp³-hybridized carbons (Fsp3) is 0.640. The van der Waals surface area contributed by atoms with E-state index in [9.17, 15) is 9.59 Å². The smallest absolute Gasteiger partial charge is 0.242 e. The van der Waals surface area contributed by atoms with Gasteiger partial charge in [0.05, 0.1) is 6.33 Å². The van der Waals surface area contributed by atoms with E-state index >= 15 is 0 Å². The summed E-state index contributed by atoms with van der Waals surface area (Å²) in [6.45, 7) is 2.89. The number of unbranched alkanes of at least 4 members (excludes halogenated alkanes) is 9. The first-order valence-electron chi connectivity index (χ1n) is 12.0. The number of amides is 2. The summed E-state index contributed by atoms with van der Waals surface area (Å²) in [7, 11) is 0. The molecule has 0 saturated carbocycles. The number of aromatic amines is 1. The lowest BCUT2D eigenvalue weighted by atomic mass is 10.1. The fourth-order valence-corrected chi connectivity index (χ4v) is 3.37. The van der Waals surface area contributed by atoms with Crippen LogP contribution in [0, 0.1) is 0 Å². The van der Waals surface area contributed by atoms with Gasteiger partial charge in [0.2, 0.25) is 12.3 Å². The molecular weight excluding hydrogens is 388 g/mol. The average molecular weight is 431 g/mol. The van der Waals surface area contributed by atoms with Gasteiger partial charge >= 0.3 is 0 Å². The molecule has 31 heavy (non-hydrogen) atoms. The molecule has 1 aromatic rings. The van der Waals surface area contributed by atoms with Crippen LogP contribution in [0.3, 0.4) is 0 Å². The number of allylic oxidation sites excluding steroid dienone is 4. The summed E-state index contributed by atoms with van der Waals surface area (Å²) in [6, 6.07) is -0.567. The summed E-state index contributed by atoms with van der Waals surface area (Å²) < 4.78 is 0. The molecule has 1 atom stereocenters. The number of nitrogens with one attached hydrogen (secondary N) is 3. The standard InChI is InChI=1S/C25H42N4O2/c1-2-3-4-5-6-7-8-9-10-11-12-13-14-15-16-17-18-27-25(31)24(29-22-30)19-23-20-26-21-28-23/h6-7,9-10,20-22,24H,2-5,8,11-19H2,1H3,(H,26,28)(H,27,31)(H,29,30). The summed E-state index contributed by atoms with van der Waals surface area (Å²) in [5.41, 5.74) is 0.822. The molecule has 2 amide bonds. The van der Waals surface area contributed by atoms with E-state index in [0.717, 1.165) is 25.0 Å². The largest absolute Gasteiger partial charge is 0.354 e. The quantitative estimate of drug-likeness (QED) is 0.155. The molecule has 1 heterocycles. The van der Waals surface area contributed by atoms with Crippen molar-refractivity contribution in [3.63, 3.8) is 0 Å². The molecule has 0 saturated heterocycles. The lowest BCUT2D eigenvalue weighted by Crippen LogP contribution is -2.45. The van der Waals surface area contributed by atoms with Crippen LogP contribution in [0.1, 0.15) is 89.7 Å². The molecule has 0 radical (unpaired) electrons. The molecule has 6 heteroatoms. The van der Waals surface area contributed by atoms with Crippen molar-refractivity contribution in [1.82, 2.24) is 20.6 Å². The van der Waals surface area contributed by atoms with E-state index in [1.54, 1.807) is 12.5 Å². The molecule has 1 aromatic heterocycles. The lowest BCUT2D eigenvalue weighted by molar-refractivity contribution is -0.125. The highest BCUT2D eigenvalue weighted by atomic mass is 16.2. The van der Waals surface area contributed by atoms with Crippen LogP contribution in [0.5, 0.6) is 0 Å². The zero-order valence-electron chi connectivity index (χ0n) is 19.3. The molecule has 0 aromatic carbocycles. The van der Waals surface area contributed by atoms with Crippen molar-refractivity contribution in [3.8, 4) is 0 Å². The number of carbonyl (C=O) groups excluding carboxylic acids is 2. The Hall–Kier alpha value is -2.37. The third kappa shape index (κ3) is 15.1. The van der Waals surface area contributed by atoms with E-state index in [-0.39, 0.29) is 5.91 Å². The number of nitrogens with zero attached hydrogens (tertiary/aromatic N) is 1. The second-order valence-electron chi connectivity index (χ2n) is 7.99. The van der Waals surface area contributed by atoms with Gasteiger partial charge in [-0.25, -0.2) is 4.98 Å². The summed E-state index contributed by atoms with van der Waals surface area (Å²) in [5, 5.41) is 5.50. The van der Waals surface area contributed by atoms with Crippen LogP contribution in [0.4, 0.5) is 0 Å². The molecule has 0 fully saturated rings. The van der Waals surface area contributed by atoms with Crippen LogP contribution in [0.25, 0.3) is 0 Å². The van der Waals surface area contributed by atoms with Crippen molar-refractivity contribution in [3.05, 3.63) is 42.5 Å². The van der Waals surface area contributed by atoms with E-state index in [0.29, 0.717) is 19.4 Å². The molecule has 0 bridgehead atoms. The molecule has 0 aliphatic carbocycles. The van der Waals surface area contributed by atoms with Gasteiger partial charge in [0.25, 0.3) is 0 Å². The van der Waals surface area contributed by atoms with Gasteiger partial charge in [-0.1, -0.05) is 69.8 Å². The summed E-state index contributed by atoms with van der Waals surface area (Å²) >= 11 is 0. The Labute approximate surface area is 188 Å². The van der Waals surface area contributed by atoms with Gasteiger partial charge < -0.3 is 15.6 Å². The first kappa shape index (κ1) is 26.7. The summed E-state index contributed by atoms with van der Waals surface area (Å²) in [4.78, 5) is 29.9. The zero-order chi connectivity index (χ0) is 22.4. The molecule has 6 nitrogen and oxygen atoms in total. The Balaban J connectivity index is 1.94. The SMILES string of the molecule is CCCCCC=CCC=CCCCCCCCCNC(=O)C(Cc1cnc[nH]1)NC=O. The van der Waals surface area contributed by atoms with Crippen LogP contribution < -0.4 is 10.6 Å². The third-order valence-corrected chi connectivity index (χ3v) is 5.24. The number of rotatable bonds is 20. The minimum Gasteiger partial charge on any atom is -0.354 e. The van der Waals surface area contributed by atoms with Crippen LogP contribution in [0.2, 0.25) is 0 Å². The van der Waals surface area contributed by atoms with Crippen LogP contribution in [-0.4, -0.2) is 34.9 Å². The van der Waals surface area contributed by atoms with Gasteiger partial charge in [0.1, 0.15) is 6.04 Å². The maximum absolute atomic E-state index is 12.2. The minimum atomic E-state index is -0.567. The molecular formula is C25H42N4O2. The lowest BCUT2D eigenvalue weighted by Gasteiger charge is -2.15. The van der Waals surface area contributed by atoms with Crippen molar-refractivity contribution < 1.29 is 9.59 Å². The van der Waals surface area contributed by atoms with Crippen molar-refractivity contribution in [2.45, 2.75) is 96.4 Å². The molecule has 0 spiro atoms. The normalized spacial score (nSPS) is 12.4. The Morgan fingerprint density at radius 1 is 1.00 bits per heavy atom. The van der Waals surface area contributed by atoms with Crippen molar-refractivity contribution >= 4 is 12.3 Å². The van der Waals surface area contributed by atoms with E-state index < -0.39 is 6.04 Å². The second kappa shape index (κ2) is 19.6. The van der Waals surface area contributed by atoms with Crippen molar-refractivity contribution in [2.24, 2.45) is 0 Å². The molecule has 0 aliphatic heterocycles. The van der Waals surface area contributed by atoms with Gasteiger partial charge in [-0.2, -0.15) is 0 Å². The number of hydrogen-bond acceptors (Lipinski definition) is 3. The number of aromatic nitrogens is 2. The highest BCUT2D eigenvalue weighted by Gasteiger charge is 2.18.